The van der Waals surface area contributed by atoms with E-state index in [9.17, 15) is 4.79 Å². The number of hydrogen-bond acceptors (Lipinski definition) is 1. The summed E-state index contributed by atoms with van der Waals surface area (Å²) in [7, 11) is 0. The molecule has 86 valence electrons. The van der Waals surface area contributed by atoms with E-state index in [1.165, 1.54) is 19.3 Å². The summed E-state index contributed by atoms with van der Waals surface area (Å²) in [6, 6.07) is 0. The number of allylic oxidation sites excluding steroid dienone is 2. The van der Waals surface area contributed by atoms with Crippen molar-refractivity contribution in [1.82, 2.24) is 0 Å². The fraction of sp³-hybridized carbons (Fsp3) is 0.769. The molecule has 2 heteroatoms. The summed E-state index contributed by atoms with van der Waals surface area (Å²) in [6.45, 7) is 2.11. The fourth-order valence-corrected chi connectivity index (χ4v) is 2.24. The van der Waals surface area contributed by atoms with Crippen LogP contribution in [-0.4, -0.2) is 11.1 Å². The summed E-state index contributed by atoms with van der Waals surface area (Å²) in [6.07, 6.45) is 11.8. The first kappa shape index (κ1) is 12.3. The van der Waals surface area contributed by atoms with E-state index in [-0.39, 0.29) is 5.92 Å². The molecular formula is C13H22O2. The van der Waals surface area contributed by atoms with Crippen LogP contribution in [0.1, 0.15) is 51.9 Å². The van der Waals surface area contributed by atoms with Crippen LogP contribution in [-0.2, 0) is 4.79 Å². The summed E-state index contributed by atoms with van der Waals surface area (Å²) >= 11 is 0. The minimum absolute atomic E-state index is 0.127. The Kier molecular flexibility index (Phi) is 5.44. The average Bonchev–Trinajstić information content (AvgIpc) is 2.25. The quantitative estimate of drug-likeness (QED) is 0.680. The van der Waals surface area contributed by atoms with Crippen molar-refractivity contribution in [2.24, 2.45) is 11.8 Å². The molecule has 0 aromatic heterocycles. The molecule has 0 fully saturated rings. The third kappa shape index (κ3) is 4.50. The number of carboxylic acids is 1. The Morgan fingerprint density at radius 2 is 2.40 bits per heavy atom. The van der Waals surface area contributed by atoms with Gasteiger partial charge in [-0.3, -0.25) is 4.79 Å². The number of rotatable bonds is 6. The maximum absolute atomic E-state index is 11.1. The van der Waals surface area contributed by atoms with Gasteiger partial charge in [0.1, 0.15) is 0 Å². The molecule has 1 aliphatic carbocycles. The monoisotopic (exact) mass is 210 g/mol. The Morgan fingerprint density at radius 3 is 2.93 bits per heavy atom. The van der Waals surface area contributed by atoms with Gasteiger partial charge in [0.05, 0.1) is 5.92 Å². The smallest absolute Gasteiger partial charge is 0.306 e. The maximum atomic E-state index is 11.1. The molecule has 0 aromatic carbocycles. The van der Waals surface area contributed by atoms with Gasteiger partial charge < -0.3 is 5.11 Å². The Hall–Kier alpha value is -0.790. The Labute approximate surface area is 92.4 Å². The second kappa shape index (κ2) is 6.65. The SMILES string of the molecule is CCCCC(CC1C=CCCC1)C(=O)O. The number of carbonyl (C=O) groups is 1. The molecule has 1 rings (SSSR count). The van der Waals surface area contributed by atoms with E-state index < -0.39 is 5.97 Å². The molecule has 2 nitrogen and oxygen atoms in total. The largest absolute Gasteiger partial charge is 0.481 e. The van der Waals surface area contributed by atoms with Crippen molar-refractivity contribution in [1.29, 1.82) is 0 Å². The highest BCUT2D eigenvalue weighted by atomic mass is 16.4. The Bertz CT molecular complexity index is 221. The summed E-state index contributed by atoms with van der Waals surface area (Å²) in [4.78, 5) is 11.1. The second-order valence-electron chi connectivity index (χ2n) is 4.53. The van der Waals surface area contributed by atoms with Gasteiger partial charge in [0.15, 0.2) is 0 Å². The zero-order chi connectivity index (χ0) is 11.1. The van der Waals surface area contributed by atoms with Crippen LogP contribution in [0, 0.1) is 11.8 Å². The summed E-state index contributed by atoms with van der Waals surface area (Å²) in [5, 5.41) is 9.11. The highest BCUT2D eigenvalue weighted by Gasteiger charge is 2.21. The average molecular weight is 210 g/mol. The lowest BCUT2D eigenvalue weighted by atomic mass is 9.85. The van der Waals surface area contributed by atoms with Crippen LogP contribution in [0.4, 0.5) is 0 Å². The second-order valence-corrected chi connectivity index (χ2v) is 4.53. The lowest BCUT2D eigenvalue weighted by Gasteiger charge is -2.20. The van der Waals surface area contributed by atoms with E-state index >= 15 is 0 Å². The molecule has 1 aliphatic rings. The highest BCUT2D eigenvalue weighted by molar-refractivity contribution is 5.69. The zero-order valence-electron chi connectivity index (χ0n) is 9.61. The van der Waals surface area contributed by atoms with Gasteiger partial charge in [0.2, 0.25) is 0 Å². The number of unbranched alkanes of at least 4 members (excludes halogenated alkanes) is 1. The minimum atomic E-state index is -0.609. The number of carboxylic acid groups (broad SMARTS) is 1. The molecule has 0 bridgehead atoms. The van der Waals surface area contributed by atoms with Gasteiger partial charge in [-0.15, -0.1) is 0 Å². The zero-order valence-corrected chi connectivity index (χ0v) is 9.61. The van der Waals surface area contributed by atoms with Crippen molar-refractivity contribution in [3.8, 4) is 0 Å². The first-order valence-electron chi connectivity index (χ1n) is 6.13. The molecule has 0 amide bonds. The van der Waals surface area contributed by atoms with Gasteiger partial charge in [0, 0.05) is 0 Å². The van der Waals surface area contributed by atoms with Gasteiger partial charge in [-0.2, -0.15) is 0 Å². The summed E-state index contributed by atoms with van der Waals surface area (Å²) in [5.41, 5.74) is 0. The predicted octanol–water partition coefficient (Wildman–Crippen LogP) is 3.62. The fourth-order valence-electron chi connectivity index (χ4n) is 2.24. The van der Waals surface area contributed by atoms with Crippen LogP contribution in [0.25, 0.3) is 0 Å². The number of aliphatic carboxylic acids is 1. The molecule has 0 saturated carbocycles. The van der Waals surface area contributed by atoms with Crippen molar-refractivity contribution in [3.63, 3.8) is 0 Å². The van der Waals surface area contributed by atoms with Crippen LogP contribution in [0.2, 0.25) is 0 Å². The highest BCUT2D eigenvalue weighted by Crippen LogP contribution is 2.26. The van der Waals surface area contributed by atoms with Crippen molar-refractivity contribution in [3.05, 3.63) is 12.2 Å². The van der Waals surface area contributed by atoms with E-state index in [1.54, 1.807) is 0 Å². The molecule has 1 N–H and O–H groups in total. The Balaban J connectivity index is 2.38. The van der Waals surface area contributed by atoms with Crippen LogP contribution < -0.4 is 0 Å². The van der Waals surface area contributed by atoms with Gasteiger partial charge in [-0.25, -0.2) is 0 Å². The lowest BCUT2D eigenvalue weighted by molar-refractivity contribution is -0.142. The molecule has 0 aromatic rings. The van der Waals surface area contributed by atoms with Crippen LogP contribution in [0.3, 0.4) is 0 Å². The molecule has 0 aliphatic heterocycles. The van der Waals surface area contributed by atoms with E-state index in [2.05, 4.69) is 19.1 Å². The minimum Gasteiger partial charge on any atom is -0.481 e. The third-order valence-electron chi connectivity index (χ3n) is 3.20. The summed E-state index contributed by atoms with van der Waals surface area (Å²) < 4.78 is 0. The van der Waals surface area contributed by atoms with Crippen molar-refractivity contribution < 1.29 is 9.90 Å². The molecule has 0 spiro atoms. The lowest BCUT2D eigenvalue weighted by Crippen LogP contribution is -2.18. The normalized spacial score (nSPS) is 22.6. The maximum Gasteiger partial charge on any atom is 0.306 e. The molecule has 15 heavy (non-hydrogen) atoms. The first-order chi connectivity index (χ1) is 7.24. The van der Waals surface area contributed by atoms with Crippen molar-refractivity contribution in [2.75, 3.05) is 0 Å². The number of hydrogen-bond donors (Lipinski definition) is 1. The Morgan fingerprint density at radius 1 is 1.60 bits per heavy atom. The van der Waals surface area contributed by atoms with Gasteiger partial charge in [-0.1, -0.05) is 31.9 Å². The van der Waals surface area contributed by atoms with Gasteiger partial charge >= 0.3 is 5.97 Å². The third-order valence-corrected chi connectivity index (χ3v) is 3.20. The molecule has 2 unspecified atom stereocenters. The predicted molar refractivity (Wildman–Crippen MR) is 61.7 cm³/mol. The first-order valence-corrected chi connectivity index (χ1v) is 6.13. The van der Waals surface area contributed by atoms with Crippen LogP contribution in [0.15, 0.2) is 12.2 Å². The van der Waals surface area contributed by atoms with Crippen LogP contribution in [0.5, 0.6) is 0 Å². The van der Waals surface area contributed by atoms with Gasteiger partial charge in [-0.05, 0) is 38.0 Å². The standard InChI is InChI=1S/C13H22O2/c1-2-3-9-12(13(14)15)10-11-7-5-4-6-8-11/h5,7,11-12H,2-4,6,8-10H2,1H3,(H,14,15). The van der Waals surface area contributed by atoms with E-state index in [0.717, 1.165) is 25.7 Å². The van der Waals surface area contributed by atoms with Crippen molar-refractivity contribution in [2.45, 2.75) is 51.9 Å². The molecule has 0 heterocycles. The summed E-state index contributed by atoms with van der Waals surface area (Å²) in [5.74, 6) is -0.225. The van der Waals surface area contributed by atoms with Crippen LogP contribution >= 0.6 is 0 Å². The van der Waals surface area contributed by atoms with Gasteiger partial charge in [0.25, 0.3) is 0 Å². The topological polar surface area (TPSA) is 37.3 Å². The van der Waals surface area contributed by atoms with Crippen molar-refractivity contribution >= 4 is 5.97 Å². The van der Waals surface area contributed by atoms with E-state index in [0.29, 0.717) is 5.92 Å². The molecular weight excluding hydrogens is 188 g/mol. The molecule has 0 saturated heterocycles. The van der Waals surface area contributed by atoms with E-state index in [4.69, 9.17) is 5.11 Å². The van der Waals surface area contributed by atoms with E-state index in [1.807, 2.05) is 0 Å². The molecule has 0 radical (unpaired) electrons. The molecule has 2 atom stereocenters.